The summed E-state index contributed by atoms with van der Waals surface area (Å²) < 4.78 is 32.1. The van der Waals surface area contributed by atoms with Crippen molar-refractivity contribution in [1.82, 2.24) is 16.0 Å². The first-order valence-electron chi connectivity index (χ1n) is 8.33. The third kappa shape index (κ3) is 5.67. The lowest BCUT2D eigenvalue weighted by molar-refractivity contribution is 0.0949. The van der Waals surface area contributed by atoms with Gasteiger partial charge in [0.05, 0.1) is 18.7 Å². The predicted molar refractivity (Wildman–Crippen MR) is 96.6 cm³/mol. The Kier molecular flexibility index (Phi) is 7.10. The van der Waals surface area contributed by atoms with Crippen LogP contribution < -0.4 is 20.7 Å². The van der Waals surface area contributed by atoms with Gasteiger partial charge in [0.1, 0.15) is 17.4 Å². The van der Waals surface area contributed by atoms with Crippen molar-refractivity contribution in [3.05, 3.63) is 65.2 Å². The molecule has 0 saturated heterocycles. The lowest BCUT2D eigenvalue weighted by atomic mass is 10.1. The highest BCUT2D eigenvalue weighted by Gasteiger charge is 2.15. The van der Waals surface area contributed by atoms with Gasteiger partial charge < -0.3 is 20.7 Å². The van der Waals surface area contributed by atoms with Crippen molar-refractivity contribution in [3.8, 4) is 5.75 Å². The van der Waals surface area contributed by atoms with Crippen molar-refractivity contribution < 1.29 is 23.1 Å². The molecule has 0 spiro atoms. The number of rotatable bonds is 7. The zero-order valence-electron chi connectivity index (χ0n) is 15.0. The van der Waals surface area contributed by atoms with Crippen LogP contribution in [0.15, 0.2) is 42.5 Å². The Hall–Kier alpha value is -3.16. The van der Waals surface area contributed by atoms with Gasteiger partial charge in [0.2, 0.25) is 0 Å². The second-order valence-electron chi connectivity index (χ2n) is 5.74. The number of hydrogen-bond acceptors (Lipinski definition) is 3. The Morgan fingerprint density at radius 1 is 1.07 bits per heavy atom. The van der Waals surface area contributed by atoms with E-state index < -0.39 is 29.6 Å². The fraction of sp³-hybridized carbons (Fsp3) is 0.263. The van der Waals surface area contributed by atoms with Gasteiger partial charge in [-0.3, -0.25) is 4.79 Å². The van der Waals surface area contributed by atoms with Crippen LogP contribution in [0, 0.1) is 11.6 Å². The molecule has 2 aromatic carbocycles. The predicted octanol–water partition coefficient (Wildman–Crippen LogP) is 2.76. The van der Waals surface area contributed by atoms with Crippen LogP contribution in [-0.2, 0) is 0 Å². The highest BCUT2D eigenvalue weighted by atomic mass is 19.1. The van der Waals surface area contributed by atoms with Crippen molar-refractivity contribution in [3.63, 3.8) is 0 Å². The fourth-order valence-electron chi connectivity index (χ4n) is 2.46. The first kappa shape index (κ1) is 20.2. The maximum atomic E-state index is 13.5. The molecule has 8 heteroatoms. The van der Waals surface area contributed by atoms with Gasteiger partial charge in [-0.05, 0) is 37.3 Å². The van der Waals surface area contributed by atoms with E-state index in [0.717, 1.165) is 0 Å². The molecule has 1 atom stereocenters. The first-order valence-corrected chi connectivity index (χ1v) is 8.33. The number of amides is 3. The monoisotopic (exact) mass is 377 g/mol. The Morgan fingerprint density at radius 2 is 1.78 bits per heavy atom. The van der Waals surface area contributed by atoms with Crippen molar-refractivity contribution in [2.45, 2.75) is 13.0 Å². The van der Waals surface area contributed by atoms with Gasteiger partial charge in [-0.1, -0.05) is 12.1 Å². The Bertz CT molecular complexity index is 815. The van der Waals surface area contributed by atoms with Gasteiger partial charge >= 0.3 is 6.03 Å². The molecule has 0 aliphatic rings. The number of halogens is 2. The highest BCUT2D eigenvalue weighted by molar-refractivity contribution is 5.94. The molecule has 0 fully saturated rings. The average molecular weight is 377 g/mol. The van der Waals surface area contributed by atoms with E-state index in [9.17, 15) is 18.4 Å². The van der Waals surface area contributed by atoms with E-state index >= 15 is 0 Å². The molecule has 1 unspecified atom stereocenters. The number of carbonyl (C=O) groups is 2. The molecule has 3 amide bonds. The lowest BCUT2D eigenvalue weighted by Gasteiger charge is -2.18. The Labute approximate surface area is 155 Å². The molecule has 2 aromatic rings. The number of hydrogen-bond donors (Lipinski definition) is 3. The van der Waals surface area contributed by atoms with Crippen LogP contribution >= 0.6 is 0 Å². The summed E-state index contributed by atoms with van der Waals surface area (Å²) in [6, 6.07) is 8.68. The van der Waals surface area contributed by atoms with Crippen LogP contribution in [0.4, 0.5) is 13.6 Å². The number of methoxy groups -OCH3 is 1. The van der Waals surface area contributed by atoms with Gasteiger partial charge in [0.15, 0.2) is 0 Å². The topological polar surface area (TPSA) is 79.5 Å². The average Bonchev–Trinajstić information content (AvgIpc) is 2.65. The van der Waals surface area contributed by atoms with E-state index in [1.165, 1.54) is 43.5 Å². The summed E-state index contributed by atoms with van der Waals surface area (Å²) in [6.07, 6.45) is 0. The number of ether oxygens (including phenoxy) is 1. The van der Waals surface area contributed by atoms with Gasteiger partial charge in [-0.15, -0.1) is 0 Å². The summed E-state index contributed by atoms with van der Waals surface area (Å²) in [5.74, 6) is -1.15. The number of nitrogens with one attached hydrogen (secondary N) is 3. The Morgan fingerprint density at radius 3 is 2.48 bits per heavy atom. The summed E-state index contributed by atoms with van der Waals surface area (Å²) in [4.78, 5) is 23.8. The molecule has 0 saturated carbocycles. The number of carbonyl (C=O) groups excluding carboxylic acids is 2. The minimum atomic E-state index is -0.612. The van der Waals surface area contributed by atoms with Crippen molar-refractivity contribution in [2.24, 2.45) is 0 Å². The van der Waals surface area contributed by atoms with Gasteiger partial charge in [0.25, 0.3) is 5.91 Å². The largest absolute Gasteiger partial charge is 0.496 e. The summed E-state index contributed by atoms with van der Waals surface area (Å²) in [7, 11) is 1.46. The van der Waals surface area contributed by atoms with Crippen molar-refractivity contribution >= 4 is 11.9 Å². The molecule has 0 heterocycles. The molecule has 0 bridgehead atoms. The van der Waals surface area contributed by atoms with E-state index in [-0.39, 0.29) is 18.7 Å². The molecule has 0 aliphatic carbocycles. The molecule has 2 rings (SSSR count). The fourth-order valence-corrected chi connectivity index (χ4v) is 2.46. The van der Waals surface area contributed by atoms with Crippen molar-refractivity contribution in [2.75, 3.05) is 20.2 Å². The minimum Gasteiger partial charge on any atom is -0.496 e. The summed E-state index contributed by atoms with van der Waals surface area (Å²) >= 11 is 0. The maximum absolute atomic E-state index is 13.5. The molecular formula is C19H21F2N3O3. The first-order chi connectivity index (χ1) is 12.9. The molecule has 0 aliphatic heterocycles. The number of urea groups is 1. The standard InChI is InChI=1S/C19H21F2N3O3/c1-12(15-11-13(20)7-8-17(15)27-2)24-19(26)23-10-9-22-18(25)14-5-3-4-6-16(14)21/h3-8,11-12H,9-10H2,1-2H3,(H,22,25)(H2,23,24,26). The molecular weight excluding hydrogens is 356 g/mol. The zero-order chi connectivity index (χ0) is 19.8. The molecule has 27 heavy (non-hydrogen) atoms. The van der Waals surface area contributed by atoms with Crippen LogP contribution in [0.2, 0.25) is 0 Å². The minimum absolute atomic E-state index is 0.0613. The quantitative estimate of drug-likeness (QED) is 0.649. The lowest BCUT2D eigenvalue weighted by Crippen LogP contribution is -2.41. The summed E-state index contributed by atoms with van der Waals surface area (Å²) in [5, 5.41) is 7.74. The third-order valence-electron chi connectivity index (χ3n) is 3.82. The van der Waals surface area contributed by atoms with Gasteiger partial charge in [-0.25, -0.2) is 13.6 Å². The molecule has 6 nitrogen and oxygen atoms in total. The van der Waals surface area contributed by atoms with Crippen molar-refractivity contribution in [1.29, 1.82) is 0 Å². The Balaban J connectivity index is 1.79. The van der Waals surface area contributed by atoms with Crippen LogP contribution in [0.1, 0.15) is 28.9 Å². The molecule has 144 valence electrons. The second-order valence-corrected chi connectivity index (χ2v) is 5.74. The van der Waals surface area contributed by atoms with Crippen LogP contribution in [0.5, 0.6) is 5.75 Å². The summed E-state index contributed by atoms with van der Waals surface area (Å²) in [6.45, 7) is 1.95. The van der Waals surface area contributed by atoms with Crippen LogP contribution in [0.3, 0.4) is 0 Å². The maximum Gasteiger partial charge on any atom is 0.315 e. The van der Waals surface area contributed by atoms with E-state index in [1.807, 2.05) is 0 Å². The van der Waals surface area contributed by atoms with E-state index in [1.54, 1.807) is 13.0 Å². The second kappa shape index (κ2) is 9.51. The SMILES string of the molecule is COc1ccc(F)cc1C(C)NC(=O)NCCNC(=O)c1ccccc1F. The molecule has 3 N–H and O–H groups in total. The normalized spacial score (nSPS) is 11.4. The summed E-state index contributed by atoms with van der Waals surface area (Å²) in [5.41, 5.74) is 0.439. The molecule has 0 radical (unpaired) electrons. The number of benzene rings is 2. The van der Waals surface area contributed by atoms with E-state index in [4.69, 9.17) is 4.74 Å². The highest BCUT2D eigenvalue weighted by Crippen LogP contribution is 2.25. The van der Waals surface area contributed by atoms with Crippen LogP contribution in [0.25, 0.3) is 0 Å². The van der Waals surface area contributed by atoms with Gasteiger partial charge in [0, 0.05) is 18.7 Å². The van der Waals surface area contributed by atoms with Gasteiger partial charge in [-0.2, -0.15) is 0 Å². The van der Waals surface area contributed by atoms with E-state index in [2.05, 4.69) is 16.0 Å². The third-order valence-corrected chi connectivity index (χ3v) is 3.82. The zero-order valence-corrected chi connectivity index (χ0v) is 15.0. The molecule has 0 aromatic heterocycles. The van der Waals surface area contributed by atoms with E-state index in [0.29, 0.717) is 11.3 Å². The smallest absolute Gasteiger partial charge is 0.315 e. The van der Waals surface area contributed by atoms with Crippen LogP contribution in [-0.4, -0.2) is 32.1 Å².